The van der Waals surface area contributed by atoms with Gasteiger partial charge in [-0.15, -0.1) is 0 Å². The molecule has 0 amide bonds. The predicted molar refractivity (Wildman–Crippen MR) is 73.7 cm³/mol. The Balaban J connectivity index is 3.15. The molecule has 0 heterocycles. The van der Waals surface area contributed by atoms with E-state index < -0.39 is 17.4 Å². The summed E-state index contributed by atoms with van der Waals surface area (Å²) in [4.78, 5) is 24.0. The number of allylic oxidation sites excluding steroid dienone is 3. The number of ether oxygens (including phenoxy) is 3. The molecule has 0 aromatic rings. The van der Waals surface area contributed by atoms with E-state index in [-0.39, 0.29) is 12.8 Å². The summed E-state index contributed by atoms with van der Waals surface area (Å²) in [7, 11) is 2.50. The molecule has 1 aliphatic carbocycles. The Kier molecular flexibility index (Phi) is 5.13. The normalized spacial score (nSPS) is 19.2. The van der Waals surface area contributed by atoms with E-state index in [2.05, 4.69) is 13.2 Å². The second-order valence-electron chi connectivity index (χ2n) is 4.66. The standard InChI is InChI=1S/C15H20O5/c1-6-7-20-11(3)12-9-15(8-10(12)2,13(16)18-4)14(17)19-5/h6H,1-2,7-9H2,3-5H3/b12-11+. The van der Waals surface area contributed by atoms with E-state index in [4.69, 9.17) is 14.2 Å². The summed E-state index contributed by atoms with van der Waals surface area (Å²) in [5.74, 6) is -0.598. The van der Waals surface area contributed by atoms with Gasteiger partial charge in [0.25, 0.3) is 0 Å². The van der Waals surface area contributed by atoms with Crippen molar-refractivity contribution in [2.75, 3.05) is 20.8 Å². The average molecular weight is 280 g/mol. The number of hydrogen-bond donors (Lipinski definition) is 0. The lowest BCUT2D eigenvalue weighted by atomic mass is 9.85. The highest BCUT2D eigenvalue weighted by atomic mass is 16.5. The van der Waals surface area contributed by atoms with Crippen molar-refractivity contribution in [2.24, 2.45) is 5.41 Å². The van der Waals surface area contributed by atoms with Crippen molar-refractivity contribution in [1.82, 2.24) is 0 Å². The van der Waals surface area contributed by atoms with Crippen molar-refractivity contribution in [1.29, 1.82) is 0 Å². The third kappa shape index (κ3) is 2.76. The van der Waals surface area contributed by atoms with Crippen LogP contribution in [0.1, 0.15) is 19.8 Å². The van der Waals surface area contributed by atoms with Crippen molar-refractivity contribution in [3.63, 3.8) is 0 Å². The molecule has 0 aliphatic heterocycles. The van der Waals surface area contributed by atoms with Gasteiger partial charge in [0, 0.05) is 6.42 Å². The van der Waals surface area contributed by atoms with Gasteiger partial charge in [0.2, 0.25) is 0 Å². The van der Waals surface area contributed by atoms with E-state index in [1.807, 2.05) is 0 Å². The molecule has 0 bridgehead atoms. The maximum Gasteiger partial charge on any atom is 0.323 e. The van der Waals surface area contributed by atoms with E-state index in [9.17, 15) is 9.59 Å². The first kappa shape index (κ1) is 16.0. The smallest absolute Gasteiger partial charge is 0.323 e. The predicted octanol–water partition coefficient (Wildman–Crippen LogP) is 2.15. The third-order valence-electron chi connectivity index (χ3n) is 3.42. The minimum absolute atomic E-state index is 0.175. The SMILES string of the molecule is C=CCO/C(C)=C1\CC(C(=O)OC)(C(=O)OC)CC1=C. The summed E-state index contributed by atoms with van der Waals surface area (Å²) in [6, 6.07) is 0. The Morgan fingerprint density at radius 3 is 2.25 bits per heavy atom. The summed E-state index contributed by atoms with van der Waals surface area (Å²) in [6.07, 6.45) is 1.97. The van der Waals surface area contributed by atoms with E-state index in [1.165, 1.54) is 14.2 Å². The lowest BCUT2D eigenvalue weighted by Gasteiger charge is -2.21. The van der Waals surface area contributed by atoms with Crippen LogP contribution in [0.15, 0.2) is 36.1 Å². The third-order valence-corrected chi connectivity index (χ3v) is 3.42. The quantitative estimate of drug-likeness (QED) is 0.334. The Labute approximate surface area is 118 Å². The second-order valence-corrected chi connectivity index (χ2v) is 4.66. The summed E-state index contributed by atoms with van der Waals surface area (Å²) in [5, 5.41) is 0. The number of rotatable bonds is 5. The van der Waals surface area contributed by atoms with E-state index in [1.54, 1.807) is 13.0 Å². The molecule has 5 heteroatoms. The average Bonchev–Trinajstić information content (AvgIpc) is 2.81. The molecule has 0 spiro atoms. The lowest BCUT2D eigenvalue weighted by molar-refractivity contribution is -0.168. The van der Waals surface area contributed by atoms with Crippen LogP contribution in [-0.4, -0.2) is 32.8 Å². The number of hydrogen-bond acceptors (Lipinski definition) is 5. The van der Waals surface area contributed by atoms with Gasteiger partial charge >= 0.3 is 11.9 Å². The zero-order valence-electron chi connectivity index (χ0n) is 12.2. The molecular formula is C15H20O5. The highest BCUT2D eigenvalue weighted by Crippen LogP contribution is 2.47. The van der Waals surface area contributed by atoms with E-state index in [0.717, 1.165) is 5.57 Å². The summed E-state index contributed by atoms with van der Waals surface area (Å²) >= 11 is 0. The molecule has 110 valence electrons. The molecule has 0 atom stereocenters. The summed E-state index contributed by atoms with van der Waals surface area (Å²) in [6.45, 7) is 9.61. The van der Waals surface area contributed by atoms with Crippen LogP contribution >= 0.6 is 0 Å². The van der Waals surface area contributed by atoms with Crippen LogP contribution in [0.2, 0.25) is 0 Å². The summed E-state index contributed by atoms with van der Waals surface area (Å²) < 4.78 is 15.0. The van der Waals surface area contributed by atoms with Crippen molar-refractivity contribution >= 4 is 11.9 Å². The molecular weight excluding hydrogens is 260 g/mol. The highest BCUT2D eigenvalue weighted by Gasteiger charge is 2.54. The van der Waals surface area contributed by atoms with Gasteiger partial charge < -0.3 is 14.2 Å². The molecule has 0 N–H and O–H groups in total. The Hall–Kier alpha value is -2.04. The van der Waals surface area contributed by atoms with Gasteiger partial charge in [-0.05, 0) is 24.5 Å². The number of methoxy groups -OCH3 is 2. The fourth-order valence-electron chi connectivity index (χ4n) is 2.37. The van der Waals surface area contributed by atoms with Crippen molar-refractivity contribution in [2.45, 2.75) is 19.8 Å². The Bertz CT molecular complexity index is 457. The Morgan fingerprint density at radius 1 is 1.25 bits per heavy atom. The monoisotopic (exact) mass is 280 g/mol. The van der Waals surface area contributed by atoms with Crippen LogP contribution in [0.4, 0.5) is 0 Å². The minimum Gasteiger partial charge on any atom is -0.494 e. The number of carbonyl (C=O) groups excluding carboxylic acids is 2. The van der Waals surface area contributed by atoms with Crippen LogP contribution in [0.5, 0.6) is 0 Å². The van der Waals surface area contributed by atoms with Crippen LogP contribution < -0.4 is 0 Å². The van der Waals surface area contributed by atoms with E-state index >= 15 is 0 Å². The molecule has 0 aromatic heterocycles. The van der Waals surface area contributed by atoms with Crippen molar-refractivity contribution < 1.29 is 23.8 Å². The molecule has 5 nitrogen and oxygen atoms in total. The zero-order chi connectivity index (χ0) is 15.3. The molecule has 0 unspecified atom stereocenters. The second kappa shape index (κ2) is 6.41. The number of esters is 2. The molecule has 0 aromatic carbocycles. The van der Waals surface area contributed by atoms with Crippen LogP contribution in [0.3, 0.4) is 0 Å². The first-order valence-electron chi connectivity index (χ1n) is 6.21. The van der Waals surface area contributed by atoms with Crippen molar-refractivity contribution in [3.8, 4) is 0 Å². The van der Waals surface area contributed by atoms with Gasteiger partial charge in [0.1, 0.15) is 6.61 Å². The van der Waals surface area contributed by atoms with Gasteiger partial charge in [-0.2, -0.15) is 0 Å². The first-order chi connectivity index (χ1) is 9.42. The van der Waals surface area contributed by atoms with Crippen LogP contribution in [0, 0.1) is 5.41 Å². The largest absolute Gasteiger partial charge is 0.494 e. The van der Waals surface area contributed by atoms with E-state index in [0.29, 0.717) is 17.9 Å². The Morgan fingerprint density at radius 2 is 1.80 bits per heavy atom. The van der Waals surface area contributed by atoms with Crippen molar-refractivity contribution in [3.05, 3.63) is 36.1 Å². The lowest BCUT2D eigenvalue weighted by Crippen LogP contribution is -2.38. The summed E-state index contributed by atoms with van der Waals surface area (Å²) in [5.41, 5.74) is 0.0827. The molecule has 0 radical (unpaired) electrons. The maximum absolute atomic E-state index is 12.0. The first-order valence-corrected chi connectivity index (χ1v) is 6.21. The molecule has 0 saturated heterocycles. The molecule has 1 fully saturated rings. The molecule has 1 rings (SSSR count). The topological polar surface area (TPSA) is 61.8 Å². The van der Waals surface area contributed by atoms with Crippen LogP contribution in [0.25, 0.3) is 0 Å². The van der Waals surface area contributed by atoms with Gasteiger partial charge in [-0.3, -0.25) is 9.59 Å². The van der Waals surface area contributed by atoms with Gasteiger partial charge in [0.15, 0.2) is 5.41 Å². The highest BCUT2D eigenvalue weighted by molar-refractivity contribution is 6.02. The fraction of sp³-hybridized carbons (Fsp3) is 0.467. The minimum atomic E-state index is -1.35. The molecule has 1 saturated carbocycles. The molecule has 1 aliphatic rings. The van der Waals surface area contributed by atoms with Crippen LogP contribution in [-0.2, 0) is 23.8 Å². The van der Waals surface area contributed by atoms with Gasteiger partial charge in [-0.25, -0.2) is 0 Å². The molecule has 20 heavy (non-hydrogen) atoms. The number of carbonyl (C=O) groups is 2. The fourth-order valence-corrected chi connectivity index (χ4v) is 2.37. The van der Waals surface area contributed by atoms with Gasteiger partial charge in [0.05, 0.1) is 20.0 Å². The zero-order valence-corrected chi connectivity index (χ0v) is 12.2. The maximum atomic E-state index is 12.0. The van der Waals surface area contributed by atoms with Gasteiger partial charge in [-0.1, -0.05) is 19.2 Å².